The number of hydrogen-bond donors (Lipinski definition) is 2. The number of fused-ring (bicyclic) bond motifs is 2. The topological polar surface area (TPSA) is 85.8 Å². The maximum Gasteiger partial charge on any atom is 0.249 e. The Morgan fingerprint density at radius 2 is 1.97 bits per heavy atom. The Bertz CT molecular complexity index is 1280. The molecule has 1 aliphatic rings. The number of amides is 1. The molecule has 31 heavy (non-hydrogen) atoms. The number of aromatic nitrogens is 3. The SMILES string of the molecule is Cc1cc2c(C(N)=O)cccc2n1-c1nc2c(c(NCc3cc[c]cc3)n1)CCCC2. The third kappa shape index (κ3) is 3.54. The Balaban J connectivity index is 1.62. The van der Waals surface area contributed by atoms with Crippen molar-refractivity contribution in [2.45, 2.75) is 39.2 Å². The average Bonchev–Trinajstić information content (AvgIpc) is 3.13. The molecule has 0 bridgehead atoms. The molecule has 0 unspecified atom stereocenters. The Hall–Kier alpha value is -3.67. The number of primary amides is 1. The molecule has 5 rings (SSSR count). The highest BCUT2D eigenvalue weighted by atomic mass is 16.1. The predicted molar refractivity (Wildman–Crippen MR) is 121 cm³/mol. The molecule has 2 aromatic heterocycles. The minimum absolute atomic E-state index is 0.434. The highest BCUT2D eigenvalue weighted by Gasteiger charge is 2.21. The maximum absolute atomic E-state index is 11.9. The zero-order valence-electron chi connectivity index (χ0n) is 17.5. The van der Waals surface area contributed by atoms with E-state index in [4.69, 9.17) is 15.7 Å². The van der Waals surface area contributed by atoms with Crippen LogP contribution >= 0.6 is 0 Å². The molecule has 155 valence electrons. The first-order valence-corrected chi connectivity index (χ1v) is 10.6. The number of benzene rings is 2. The number of aryl methyl sites for hydroxylation is 2. The van der Waals surface area contributed by atoms with Crippen LogP contribution in [0.1, 0.15) is 45.7 Å². The number of hydrogen-bond acceptors (Lipinski definition) is 4. The monoisotopic (exact) mass is 410 g/mol. The number of rotatable bonds is 5. The van der Waals surface area contributed by atoms with Gasteiger partial charge in [0, 0.05) is 28.8 Å². The van der Waals surface area contributed by atoms with Crippen LogP contribution in [0.5, 0.6) is 0 Å². The van der Waals surface area contributed by atoms with E-state index >= 15 is 0 Å². The lowest BCUT2D eigenvalue weighted by atomic mass is 9.96. The molecule has 6 nitrogen and oxygen atoms in total. The Morgan fingerprint density at radius 1 is 1.16 bits per heavy atom. The quantitative estimate of drug-likeness (QED) is 0.518. The van der Waals surface area contributed by atoms with Crippen molar-refractivity contribution in [1.82, 2.24) is 14.5 Å². The molecule has 1 radical (unpaired) electrons. The lowest BCUT2D eigenvalue weighted by molar-refractivity contribution is 0.100. The van der Waals surface area contributed by atoms with Gasteiger partial charge in [-0.3, -0.25) is 9.36 Å². The van der Waals surface area contributed by atoms with Crippen LogP contribution in [0.2, 0.25) is 0 Å². The summed E-state index contributed by atoms with van der Waals surface area (Å²) in [5, 5.41) is 4.36. The zero-order valence-corrected chi connectivity index (χ0v) is 17.5. The van der Waals surface area contributed by atoms with E-state index in [1.165, 1.54) is 11.1 Å². The van der Waals surface area contributed by atoms with Crippen molar-refractivity contribution in [2.24, 2.45) is 5.73 Å². The van der Waals surface area contributed by atoms with Gasteiger partial charge in [0.15, 0.2) is 0 Å². The molecule has 3 N–H and O–H groups in total. The highest BCUT2D eigenvalue weighted by molar-refractivity contribution is 6.06. The average molecular weight is 411 g/mol. The second kappa shape index (κ2) is 7.87. The predicted octanol–water partition coefficient (Wildman–Crippen LogP) is 4.12. The van der Waals surface area contributed by atoms with Crippen LogP contribution in [-0.4, -0.2) is 20.4 Å². The van der Waals surface area contributed by atoms with Crippen molar-refractivity contribution in [1.29, 1.82) is 0 Å². The Kier molecular flexibility index (Phi) is 4.90. The molecule has 0 spiro atoms. The summed E-state index contributed by atoms with van der Waals surface area (Å²) < 4.78 is 2.01. The number of nitrogens with one attached hydrogen (secondary N) is 1. The van der Waals surface area contributed by atoms with E-state index in [9.17, 15) is 4.79 Å². The molecule has 0 aliphatic heterocycles. The van der Waals surface area contributed by atoms with Crippen molar-refractivity contribution in [3.63, 3.8) is 0 Å². The zero-order chi connectivity index (χ0) is 21.4. The first-order valence-electron chi connectivity index (χ1n) is 10.6. The molecule has 2 heterocycles. The van der Waals surface area contributed by atoms with Crippen LogP contribution in [0.3, 0.4) is 0 Å². The van der Waals surface area contributed by atoms with Crippen molar-refractivity contribution >= 4 is 22.6 Å². The van der Waals surface area contributed by atoms with Gasteiger partial charge in [0.2, 0.25) is 11.9 Å². The van der Waals surface area contributed by atoms with Crippen molar-refractivity contribution in [3.8, 4) is 5.95 Å². The minimum Gasteiger partial charge on any atom is -0.366 e. The molecule has 1 aliphatic carbocycles. The summed E-state index contributed by atoms with van der Waals surface area (Å²) >= 11 is 0. The summed E-state index contributed by atoms with van der Waals surface area (Å²) in [6.07, 6.45) is 4.22. The summed E-state index contributed by atoms with van der Waals surface area (Å²) in [7, 11) is 0. The van der Waals surface area contributed by atoms with Crippen LogP contribution in [0.25, 0.3) is 16.9 Å². The standard InChI is InChI=1S/C25H24N5O/c1-16-14-20-18(23(26)31)11-7-13-22(20)30(16)25-28-21-12-6-5-10-19(21)24(29-25)27-15-17-8-3-2-4-9-17/h3-4,7-9,11,13-14H,5-6,10,12,15H2,1H3,(H2,26,31)(H,27,28,29). The van der Waals surface area contributed by atoms with E-state index in [0.717, 1.165) is 53.8 Å². The lowest BCUT2D eigenvalue weighted by Gasteiger charge is -2.21. The Labute approximate surface area is 181 Å². The van der Waals surface area contributed by atoms with Gasteiger partial charge in [0.1, 0.15) is 5.82 Å². The molecule has 0 fully saturated rings. The summed E-state index contributed by atoms with van der Waals surface area (Å²) in [6.45, 7) is 2.69. The van der Waals surface area contributed by atoms with Gasteiger partial charge in [-0.15, -0.1) is 0 Å². The van der Waals surface area contributed by atoms with Gasteiger partial charge < -0.3 is 11.1 Å². The molecule has 4 aromatic rings. The van der Waals surface area contributed by atoms with Crippen molar-refractivity contribution in [2.75, 3.05) is 5.32 Å². The second-order valence-corrected chi connectivity index (χ2v) is 7.99. The first kappa shape index (κ1) is 19.3. The molecular weight excluding hydrogens is 386 g/mol. The summed E-state index contributed by atoms with van der Waals surface area (Å²) in [5.41, 5.74) is 11.4. The van der Waals surface area contributed by atoms with Gasteiger partial charge in [0.25, 0.3) is 0 Å². The van der Waals surface area contributed by atoms with Crippen molar-refractivity contribution in [3.05, 3.63) is 82.7 Å². The highest BCUT2D eigenvalue weighted by Crippen LogP contribution is 2.30. The van der Waals surface area contributed by atoms with Gasteiger partial charge >= 0.3 is 0 Å². The molecule has 2 aromatic carbocycles. The van der Waals surface area contributed by atoms with Crippen molar-refractivity contribution < 1.29 is 4.79 Å². The fourth-order valence-corrected chi connectivity index (χ4v) is 4.40. The van der Waals surface area contributed by atoms with E-state index in [1.807, 2.05) is 41.8 Å². The minimum atomic E-state index is -0.434. The number of carbonyl (C=O) groups is 1. The van der Waals surface area contributed by atoms with Gasteiger partial charge in [-0.25, -0.2) is 4.98 Å². The second-order valence-electron chi connectivity index (χ2n) is 7.99. The van der Waals surface area contributed by atoms with Crippen LogP contribution in [0, 0.1) is 13.0 Å². The van der Waals surface area contributed by atoms with Gasteiger partial charge in [-0.2, -0.15) is 4.98 Å². The number of nitrogens with two attached hydrogens (primary N) is 1. The van der Waals surface area contributed by atoms with Crippen LogP contribution in [-0.2, 0) is 19.4 Å². The van der Waals surface area contributed by atoms with Crippen LogP contribution < -0.4 is 11.1 Å². The fourth-order valence-electron chi connectivity index (χ4n) is 4.40. The molecule has 0 saturated carbocycles. The lowest BCUT2D eigenvalue weighted by Crippen LogP contribution is -2.16. The third-order valence-corrected chi connectivity index (χ3v) is 5.91. The third-order valence-electron chi connectivity index (χ3n) is 5.91. The van der Waals surface area contributed by atoms with E-state index in [2.05, 4.69) is 23.5 Å². The molecular formula is C25H24N5O. The maximum atomic E-state index is 11.9. The van der Waals surface area contributed by atoms with E-state index < -0.39 is 5.91 Å². The summed E-state index contributed by atoms with van der Waals surface area (Å²) in [6, 6.07) is 18.6. The van der Waals surface area contributed by atoms with E-state index in [0.29, 0.717) is 18.1 Å². The van der Waals surface area contributed by atoms with Gasteiger partial charge in [-0.1, -0.05) is 30.3 Å². The summed E-state index contributed by atoms with van der Waals surface area (Å²) in [5.74, 6) is 1.08. The van der Waals surface area contributed by atoms with Crippen LogP contribution in [0.15, 0.2) is 48.5 Å². The van der Waals surface area contributed by atoms with Crippen LogP contribution in [0.4, 0.5) is 5.82 Å². The number of carbonyl (C=O) groups excluding carboxylic acids is 1. The first-order chi connectivity index (χ1) is 15.1. The smallest absolute Gasteiger partial charge is 0.249 e. The molecule has 0 atom stereocenters. The molecule has 0 saturated heterocycles. The fraction of sp³-hybridized carbons (Fsp3) is 0.240. The van der Waals surface area contributed by atoms with E-state index in [-0.39, 0.29) is 0 Å². The molecule has 6 heteroatoms. The Morgan fingerprint density at radius 3 is 2.77 bits per heavy atom. The number of nitrogens with zero attached hydrogens (tertiary/aromatic N) is 3. The van der Waals surface area contributed by atoms with Gasteiger partial charge in [0.05, 0.1) is 11.2 Å². The largest absolute Gasteiger partial charge is 0.366 e. The normalized spacial score (nSPS) is 13.2. The number of anilines is 1. The van der Waals surface area contributed by atoms with Gasteiger partial charge in [-0.05, 0) is 62.4 Å². The molecule has 1 amide bonds. The summed E-state index contributed by atoms with van der Waals surface area (Å²) in [4.78, 5) is 21.8. The van der Waals surface area contributed by atoms with E-state index in [1.54, 1.807) is 6.07 Å².